The van der Waals surface area contributed by atoms with E-state index in [1.54, 1.807) is 0 Å². The van der Waals surface area contributed by atoms with Crippen molar-refractivity contribution < 1.29 is 23.1 Å². The minimum absolute atomic E-state index is 0.0384. The Hall–Kier alpha value is -2.41. The van der Waals surface area contributed by atoms with Crippen molar-refractivity contribution in [3.63, 3.8) is 0 Å². The number of piperidine rings is 1. The maximum absolute atomic E-state index is 13.9. The van der Waals surface area contributed by atoms with Crippen molar-refractivity contribution in [2.75, 3.05) is 13.1 Å². The molecule has 1 saturated heterocycles. The van der Waals surface area contributed by atoms with Gasteiger partial charge in [0.2, 0.25) is 0 Å². The van der Waals surface area contributed by atoms with Crippen molar-refractivity contribution in [2.24, 2.45) is 0 Å². The van der Waals surface area contributed by atoms with Crippen molar-refractivity contribution in [3.8, 4) is 0 Å². The number of aliphatic hydroxyl groups is 1. The highest BCUT2D eigenvalue weighted by Gasteiger charge is 2.39. The third kappa shape index (κ3) is 2.87. The molecule has 0 radical (unpaired) electrons. The largest absolute Gasteiger partial charge is 0.385 e. The Kier molecular flexibility index (Phi) is 4.28. The number of hydrogen-bond donors (Lipinski definition) is 1. The minimum Gasteiger partial charge on any atom is -0.385 e. The molecule has 1 aliphatic heterocycles. The van der Waals surface area contributed by atoms with Crippen molar-refractivity contribution in [1.82, 2.24) is 9.88 Å². The second-order valence-electron chi connectivity index (χ2n) is 5.78. The highest BCUT2D eigenvalue weighted by Crippen LogP contribution is 2.36. The van der Waals surface area contributed by atoms with Crippen molar-refractivity contribution in [3.05, 3.63) is 65.2 Å². The number of hydrogen-bond acceptors (Lipinski definition) is 3. The zero-order chi connectivity index (χ0) is 17.3. The van der Waals surface area contributed by atoms with Crippen LogP contribution in [0.1, 0.15) is 28.8 Å². The average molecular weight is 336 g/mol. The Morgan fingerprint density at radius 3 is 2.29 bits per heavy atom. The van der Waals surface area contributed by atoms with E-state index in [0.29, 0.717) is 0 Å². The fourth-order valence-electron chi connectivity index (χ4n) is 2.99. The molecule has 0 unspecified atom stereocenters. The van der Waals surface area contributed by atoms with Crippen LogP contribution < -0.4 is 0 Å². The summed E-state index contributed by atoms with van der Waals surface area (Å²) in [5, 5.41) is 10.6. The maximum atomic E-state index is 13.9. The van der Waals surface area contributed by atoms with Gasteiger partial charge in [0.25, 0.3) is 5.91 Å². The number of benzene rings is 1. The first-order chi connectivity index (χ1) is 11.4. The average Bonchev–Trinajstić information content (AvgIpc) is 2.55. The summed E-state index contributed by atoms with van der Waals surface area (Å²) in [4.78, 5) is 17.3. The van der Waals surface area contributed by atoms with E-state index in [0.717, 1.165) is 18.3 Å². The van der Waals surface area contributed by atoms with Crippen LogP contribution in [0.4, 0.5) is 13.2 Å². The van der Waals surface area contributed by atoms with Crippen LogP contribution in [0.3, 0.4) is 0 Å². The molecule has 126 valence electrons. The molecule has 1 aliphatic rings. The molecule has 0 aliphatic carbocycles. The standard InChI is InChI=1S/C17H15F3N2O2/c18-12-2-1-3-13(19)15(12)17(24)5-8-22(9-6-17)16(23)11-4-7-21-10-14(11)20/h1-4,7,10,24H,5-6,8-9H2. The number of amides is 1. The van der Waals surface area contributed by atoms with Gasteiger partial charge in [-0.25, -0.2) is 13.2 Å². The molecule has 1 N–H and O–H groups in total. The lowest BCUT2D eigenvalue weighted by molar-refractivity contribution is -0.0262. The Morgan fingerprint density at radius 2 is 1.71 bits per heavy atom. The number of likely N-dealkylation sites (tertiary alicyclic amines) is 1. The number of rotatable bonds is 2. The number of carbonyl (C=O) groups is 1. The van der Waals surface area contributed by atoms with Crippen LogP contribution in [0.25, 0.3) is 0 Å². The molecule has 2 heterocycles. The summed E-state index contributed by atoms with van der Waals surface area (Å²) < 4.78 is 41.5. The summed E-state index contributed by atoms with van der Waals surface area (Å²) >= 11 is 0. The van der Waals surface area contributed by atoms with Gasteiger partial charge in [0.05, 0.1) is 22.9 Å². The Bertz CT molecular complexity index is 754. The zero-order valence-electron chi connectivity index (χ0n) is 12.7. The van der Waals surface area contributed by atoms with E-state index in [1.807, 2.05) is 0 Å². The monoisotopic (exact) mass is 336 g/mol. The van der Waals surface area contributed by atoms with Gasteiger partial charge in [0, 0.05) is 19.3 Å². The zero-order valence-corrected chi connectivity index (χ0v) is 12.7. The van der Waals surface area contributed by atoms with Gasteiger partial charge in [-0.1, -0.05) is 6.07 Å². The van der Waals surface area contributed by atoms with Crippen LogP contribution in [0.5, 0.6) is 0 Å². The summed E-state index contributed by atoms with van der Waals surface area (Å²) in [7, 11) is 0. The number of halogens is 3. The summed E-state index contributed by atoms with van der Waals surface area (Å²) in [6.07, 6.45) is 2.18. The minimum atomic E-state index is -1.69. The predicted molar refractivity (Wildman–Crippen MR) is 79.6 cm³/mol. The molecule has 0 spiro atoms. The van der Waals surface area contributed by atoms with E-state index in [9.17, 15) is 23.1 Å². The highest BCUT2D eigenvalue weighted by atomic mass is 19.1. The van der Waals surface area contributed by atoms with Gasteiger partial charge in [-0.15, -0.1) is 0 Å². The molecule has 0 bridgehead atoms. The summed E-state index contributed by atoms with van der Waals surface area (Å²) in [6, 6.07) is 4.66. The third-order valence-corrected chi connectivity index (χ3v) is 4.31. The number of carbonyl (C=O) groups excluding carboxylic acids is 1. The summed E-state index contributed by atoms with van der Waals surface area (Å²) in [6.45, 7) is 0.121. The normalized spacial score (nSPS) is 16.9. The van der Waals surface area contributed by atoms with Gasteiger partial charge in [-0.05, 0) is 31.0 Å². The number of nitrogens with zero attached hydrogens (tertiary/aromatic N) is 2. The SMILES string of the molecule is O=C(c1ccncc1F)N1CCC(O)(c2c(F)cccc2F)CC1. The predicted octanol–water partition coefficient (Wildman–Crippen LogP) is 2.62. The highest BCUT2D eigenvalue weighted by molar-refractivity contribution is 5.94. The molecule has 0 atom stereocenters. The van der Waals surface area contributed by atoms with Crippen LogP contribution in [0.2, 0.25) is 0 Å². The topological polar surface area (TPSA) is 53.4 Å². The molecule has 1 fully saturated rings. The van der Waals surface area contributed by atoms with Crippen molar-refractivity contribution >= 4 is 5.91 Å². The van der Waals surface area contributed by atoms with E-state index in [-0.39, 0.29) is 37.1 Å². The van der Waals surface area contributed by atoms with Gasteiger partial charge in [0.1, 0.15) is 11.6 Å². The van der Waals surface area contributed by atoms with Gasteiger partial charge < -0.3 is 10.0 Å². The van der Waals surface area contributed by atoms with Gasteiger partial charge in [-0.3, -0.25) is 9.78 Å². The number of pyridine rings is 1. The van der Waals surface area contributed by atoms with Crippen molar-refractivity contribution in [2.45, 2.75) is 18.4 Å². The van der Waals surface area contributed by atoms with Crippen LogP contribution in [0, 0.1) is 17.5 Å². The van der Waals surface area contributed by atoms with E-state index in [2.05, 4.69) is 4.98 Å². The summed E-state index contributed by atoms with van der Waals surface area (Å²) in [5.41, 5.74) is -2.19. The molecule has 2 aromatic rings. The van der Waals surface area contributed by atoms with Crippen LogP contribution in [-0.2, 0) is 5.60 Å². The second-order valence-corrected chi connectivity index (χ2v) is 5.78. The molecular formula is C17H15F3N2O2. The first-order valence-electron chi connectivity index (χ1n) is 7.48. The third-order valence-electron chi connectivity index (χ3n) is 4.31. The molecular weight excluding hydrogens is 321 g/mol. The van der Waals surface area contributed by atoms with E-state index >= 15 is 0 Å². The lowest BCUT2D eigenvalue weighted by atomic mass is 9.83. The molecule has 3 rings (SSSR count). The van der Waals surface area contributed by atoms with Gasteiger partial charge >= 0.3 is 0 Å². The Morgan fingerprint density at radius 1 is 1.08 bits per heavy atom. The van der Waals surface area contributed by atoms with Gasteiger partial charge in [-0.2, -0.15) is 0 Å². The fourth-order valence-corrected chi connectivity index (χ4v) is 2.99. The van der Waals surface area contributed by atoms with E-state index in [1.165, 1.54) is 23.2 Å². The molecule has 1 aromatic carbocycles. The Balaban J connectivity index is 1.78. The van der Waals surface area contributed by atoms with Crippen LogP contribution in [0.15, 0.2) is 36.7 Å². The van der Waals surface area contributed by atoms with E-state index < -0.39 is 29.0 Å². The lowest BCUT2D eigenvalue weighted by Gasteiger charge is -2.38. The molecule has 7 heteroatoms. The molecule has 0 saturated carbocycles. The smallest absolute Gasteiger partial charge is 0.256 e. The fraction of sp³-hybridized carbons (Fsp3) is 0.294. The van der Waals surface area contributed by atoms with Crippen LogP contribution in [-0.4, -0.2) is 34.0 Å². The first-order valence-corrected chi connectivity index (χ1v) is 7.48. The van der Waals surface area contributed by atoms with E-state index in [4.69, 9.17) is 0 Å². The lowest BCUT2D eigenvalue weighted by Crippen LogP contribution is -2.46. The Labute approximate surface area is 136 Å². The quantitative estimate of drug-likeness (QED) is 0.917. The number of aromatic nitrogens is 1. The molecule has 4 nitrogen and oxygen atoms in total. The molecule has 24 heavy (non-hydrogen) atoms. The molecule has 1 aromatic heterocycles. The van der Waals surface area contributed by atoms with Crippen molar-refractivity contribution in [1.29, 1.82) is 0 Å². The first kappa shape index (κ1) is 16.4. The maximum Gasteiger partial charge on any atom is 0.256 e. The van der Waals surface area contributed by atoms with Gasteiger partial charge in [0.15, 0.2) is 5.82 Å². The van der Waals surface area contributed by atoms with Crippen LogP contribution >= 0.6 is 0 Å². The molecule has 1 amide bonds. The summed E-state index contributed by atoms with van der Waals surface area (Å²) in [5.74, 6) is -2.91. The second kappa shape index (κ2) is 6.24.